The zero-order valence-corrected chi connectivity index (χ0v) is 14.6. The number of hydrogen-bond donors (Lipinski definition) is 1. The molecule has 8 nitrogen and oxygen atoms in total. The number of aliphatic carboxylic acids is 1. The highest BCUT2D eigenvalue weighted by Crippen LogP contribution is 2.37. The van der Waals surface area contributed by atoms with Crippen molar-refractivity contribution in [3.63, 3.8) is 0 Å². The van der Waals surface area contributed by atoms with Crippen LogP contribution in [-0.4, -0.2) is 62.6 Å². The molecule has 0 spiro atoms. The lowest BCUT2D eigenvalue weighted by Crippen LogP contribution is -2.50. The standard InChI is InChI=1S/C17H24N4O4/c1-19-9-12(8-18-19)15-13(5-6-14(22)20(15)2)16(23)21-7-3-4-11(10-21)17(24)25/h8-9,11,13,15H,3-7,10H2,1-2H3,(H,24,25). The number of nitrogens with zero attached hydrogens (tertiary/aromatic N) is 4. The van der Waals surface area contributed by atoms with E-state index in [1.54, 1.807) is 34.8 Å². The van der Waals surface area contributed by atoms with Crippen LogP contribution < -0.4 is 0 Å². The summed E-state index contributed by atoms with van der Waals surface area (Å²) in [6.45, 7) is 0.832. The van der Waals surface area contributed by atoms with Crippen LogP contribution in [0, 0.1) is 11.8 Å². The molecule has 2 aliphatic heterocycles. The first-order valence-corrected chi connectivity index (χ1v) is 8.64. The average molecular weight is 348 g/mol. The van der Waals surface area contributed by atoms with Crippen molar-refractivity contribution in [3.8, 4) is 0 Å². The summed E-state index contributed by atoms with van der Waals surface area (Å²) in [5.74, 6) is -1.76. The second kappa shape index (κ2) is 6.85. The van der Waals surface area contributed by atoms with E-state index >= 15 is 0 Å². The van der Waals surface area contributed by atoms with Gasteiger partial charge in [0, 0.05) is 45.4 Å². The molecule has 0 aromatic carbocycles. The van der Waals surface area contributed by atoms with E-state index in [2.05, 4.69) is 5.10 Å². The van der Waals surface area contributed by atoms with Gasteiger partial charge in [0.15, 0.2) is 0 Å². The van der Waals surface area contributed by atoms with Gasteiger partial charge in [0.1, 0.15) is 0 Å². The third kappa shape index (κ3) is 3.38. The number of hydrogen-bond acceptors (Lipinski definition) is 4. The van der Waals surface area contributed by atoms with Crippen LogP contribution in [0.2, 0.25) is 0 Å². The number of piperidine rings is 2. The van der Waals surface area contributed by atoms with Crippen LogP contribution in [0.25, 0.3) is 0 Å². The Bertz CT molecular complexity index is 686. The predicted molar refractivity (Wildman–Crippen MR) is 88.4 cm³/mol. The van der Waals surface area contributed by atoms with Crippen LogP contribution in [0.3, 0.4) is 0 Å². The number of rotatable bonds is 3. The lowest BCUT2D eigenvalue weighted by Gasteiger charge is -2.41. The smallest absolute Gasteiger partial charge is 0.308 e. The number of aryl methyl sites for hydroxylation is 1. The molecule has 3 atom stereocenters. The van der Waals surface area contributed by atoms with E-state index in [1.165, 1.54) is 0 Å². The summed E-state index contributed by atoms with van der Waals surface area (Å²) >= 11 is 0. The van der Waals surface area contributed by atoms with Crippen molar-refractivity contribution >= 4 is 17.8 Å². The van der Waals surface area contributed by atoms with Crippen molar-refractivity contribution < 1.29 is 19.5 Å². The average Bonchev–Trinajstić information content (AvgIpc) is 3.02. The highest BCUT2D eigenvalue weighted by molar-refractivity contribution is 5.85. The van der Waals surface area contributed by atoms with Gasteiger partial charge < -0.3 is 14.9 Å². The van der Waals surface area contributed by atoms with Crippen LogP contribution in [0.4, 0.5) is 0 Å². The molecule has 8 heteroatoms. The van der Waals surface area contributed by atoms with Gasteiger partial charge in [-0.15, -0.1) is 0 Å². The highest BCUT2D eigenvalue weighted by Gasteiger charge is 2.42. The highest BCUT2D eigenvalue weighted by atomic mass is 16.4. The molecule has 1 N–H and O–H groups in total. The second-order valence-corrected chi connectivity index (χ2v) is 7.00. The number of aromatic nitrogens is 2. The fourth-order valence-electron chi connectivity index (χ4n) is 3.96. The molecule has 0 aliphatic carbocycles. The zero-order chi connectivity index (χ0) is 18.1. The SMILES string of the molecule is CN1C(=O)CCC(C(=O)N2CCCC(C(=O)O)C2)C1c1cnn(C)c1. The molecule has 3 heterocycles. The van der Waals surface area contributed by atoms with E-state index in [1.807, 2.05) is 6.20 Å². The Hall–Kier alpha value is -2.38. The molecule has 3 unspecified atom stereocenters. The summed E-state index contributed by atoms with van der Waals surface area (Å²) in [6.07, 6.45) is 5.64. The largest absolute Gasteiger partial charge is 0.481 e. The third-order valence-corrected chi connectivity index (χ3v) is 5.33. The van der Waals surface area contributed by atoms with Crippen molar-refractivity contribution in [3.05, 3.63) is 18.0 Å². The van der Waals surface area contributed by atoms with E-state index in [0.717, 1.165) is 5.56 Å². The van der Waals surface area contributed by atoms with Gasteiger partial charge in [0.05, 0.1) is 24.1 Å². The van der Waals surface area contributed by atoms with Crippen molar-refractivity contribution in [1.29, 1.82) is 0 Å². The second-order valence-electron chi connectivity index (χ2n) is 7.00. The molecule has 0 radical (unpaired) electrons. The molecule has 2 saturated heterocycles. The van der Waals surface area contributed by atoms with Gasteiger partial charge in [-0.2, -0.15) is 5.10 Å². The monoisotopic (exact) mass is 348 g/mol. The summed E-state index contributed by atoms with van der Waals surface area (Å²) in [5.41, 5.74) is 0.836. The van der Waals surface area contributed by atoms with E-state index in [0.29, 0.717) is 32.2 Å². The van der Waals surface area contributed by atoms with E-state index < -0.39 is 11.9 Å². The number of likely N-dealkylation sites (tertiary alicyclic amines) is 2. The molecule has 1 aromatic rings. The molecule has 2 amide bonds. The summed E-state index contributed by atoms with van der Waals surface area (Å²) in [4.78, 5) is 39.9. The van der Waals surface area contributed by atoms with Gasteiger partial charge in [-0.1, -0.05) is 0 Å². The first kappa shape index (κ1) is 17.4. The van der Waals surface area contributed by atoms with E-state index in [-0.39, 0.29) is 30.3 Å². The number of carbonyl (C=O) groups is 3. The molecule has 0 saturated carbocycles. The molecule has 2 aliphatic rings. The Morgan fingerprint density at radius 2 is 2.04 bits per heavy atom. The summed E-state index contributed by atoms with van der Waals surface area (Å²) < 4.78 is 1.66. The van der Waals surface area contributed by atoms with Gasteiger partial charge in [-0.05, 0) is 19.3 Å². The Kier molecular flexibility index (Phi) is 4.78. The van der Waals surface area contributed by atoms with Crippen LogP contribution in [0.15, 0.2) is 12.4 Å². The van der Waals surface area contributed by atoms with Gasteiger partial charge in [0.25, 0.3) is 0 Å². The number of carbonyl (C=O) groups excluding carboxylic acids is 2. The van der Waals surface area contributed by atoms with Crippen molar-refractivity contribution in [2.75, 3.05) is 20.1 Å². The maximum absolute atomic E-state index is 13.1. The van der Waals surface area contributed by atoms with Gasteiger partial charge in [-0.25, -0.2) is 0 Å². The van der Waals surface area contributed by atoms with Gasteiger partial charge in [0.2, 0.25) is 11.8 Å². The molecule has 2 fully saturated rings. The minimum Gasteiger partial charge on any atom is -0.481 e. The molecule has 3 rings (SSSR count). The first-order valence-electron chi connectivity index (χ1n) is 8.64. The topological polar surface area (TPSA) is 95.7 Å². The maximum Gasteiger partial charge on any atom is 0.308 e. The quantitative estimate of drug-likeness (QED) is 0.865. The molecular formula is C17H24N4O4. The predicted octanol–water partition coefficient (Wildman–Crippen LogP) is 0.653. The third-order valence-electron chi connectivity index (χ3n) is 5.33. The van der Waals surface area contributed by atoms with Crippen LogP contribution in [0.1, 0.15) is 37.3 Å². The van der Waals surface area contributed by atoms with Gasteiger partial charge in [-0.3, -0.25) is 19.1 Å². The summed E-state index contributed by atoms with van der Waals surface area (Å²) in [5, 5.41) is 13.4. The zero-order valence-electron chi connectivity index (χ0n) is 14.6. The molecule has 0 bridgehead atoms. The van der Waals surface area contributed by atoms with Gasteiger partial charge >= 0.3 is 5.97 Å². The Morgan fingerprint density at radius 3 is 2.68 bits per heavy atom. The Morgan fingerprint density at radius 1 is 1.28 bits per heavy atom. The van der Waals surface area contributed by atoms with Crippen molar-refractivity contribution in [2.45, 2.75) is 31.7 Å². The first-order chi connectivity index (χ1) is 11.9. The normalized spacial score (nSPS) is 27.4. The lowest BCUT2D eigenvalue weighted by atomic mass is 9.84. The molecule has 25 heavy (non-hydrogen) atoms. The van der Waals surface area contributed by atoms with E-state index in [4.69, 9.17) is 0 Å². The number of carboxylic acid groups (broad SMARTS) is 1. The summed E-state index contributed by atoms with van der Waals surface area (Å²) in [7, 11) is 3.52. The minimum atomic E-state index is -0.850. The maximum atomic E-state index is 13.1. The molecule has 136 valence electrons. The Balaban J connectivity index is 1.83. The minimum absolute atomic E-state index is 0.0139. The number of amides is 2. The van der Waals surface area contributed by atoms with E-state index in [9.17, 15) is 19.5 Å². The van der Waals surface area contributed by atoms with Crippen LogP contribution in [0.5, 0.6) is 0 Å². The fourth-order valence-corrected chi connectivity index (χ4v) is 3.96. The van der Waals surface area contributed by atoms with Crippen LogP contribution in [-0.2, 0) is 21.4 Å². The van der Waals surface area contributed by atoms with Crippen molar-refractivity contribution in [1.82, 2.24) is 19.6 Å². The Labute approximate surface area is 146 Å². The molecule has 1 aromatic heterocycles. The fraction of sp³-hybridized carbons (Fsp3) is 0.647. The van der Waals surface area contributed by atoms with Crippen molar-refractivity contribution in [2.24, 2.45) is 18.9 Å². The lowest BCUT2D eigenvalue weighted by molar-refractivity contribution is -0.150. The molecular weight excluding hydrogens is 324 g/mol. The summed E-state index contributed by atoms with van der Waals surface area (Å²) in [6, 6.07) is -0.354. The number of carboxylic acids is 1. The van der Waals surface area contributed by atoms with Crippen LogP contribution >= 0.6 is 0 Å².